The third kappa shape index (κ3) is 4.99. The number of hydrogen-bond acceptors (Lipinski definition) is 7. The van der Waals surface area contributed by atoms with Gasteiger partial charge in [-0.05, 0) is 30.3 Å². The number of nitrogens with two attached hydrogens (primary N) is 1. The third-order valence-electron chi connectivity index (χ3n) is 3.70. The summed E-state index contributed by atoms with van der Waals surface area (Å²) >= 11 is 0. The number of carbonyl (C=O) groups excluding carboxylic acids is 2. The van der Waals surface area contributed by atoms with E-state index < -0.39 is 33.1 Å². The van der Waals surface area contributed by atoms with Gasteiger partial charge in [0.05, 0.1) is 16.9 Å². The van der Waals surface area contributed by atoms with E-state index in [2.05, 4.69) is 5.32 Å². The van der Waals surface area contributed by atoms with Crippen LogP contribution in [-0.2, 0) is 19.6 Å². The van der Waals surface area contributed by atoms with E-state index in [0.29, 0.717) is 9.99 Å². The standard InChI is InChI=1S/C17H18N4O7S/c1-11(22)19-12-3-6-14(7-4-12)29(26,27)20(10-17(18)23)15-9-13(21(24)25)5-8-16(15)28-2/h3-9H,10H2,1-2H3,(H2,18,23)(H,19,22). The Morgan fingerprint density at radius 1 is 1.21 bits per heavy atom. The molecule has 0 aromatic heterocycles. The van der Waals surface area contributed by atoms with Crippen LogP contribution in [0.3, 0.4) is 0 Å². The maximum Gasteiger partial charge on any atom is 0.271 e. The van der Waals surface area contributed by atoms with Gasteiger partial charge in [0.25, 0.3) is 15.7 Å². The Bertz CT molecular complexity index is 1050. The zero-order valence-electron chi connectivity index (χ0n) is 15.5. The second kappa shape index (κ2) is 8.56. The van der Waals surface area contributed by atoms with Crippen molar-refractivity contribution in [3.8, 4) is 5.75 Å². The minimum atomic E-state index is -4.35. The summed E-state index contributed by atoms with van der Waals surface area (Å²) in [7, 11) is -3.10. The molecular formula is C17H18N4O7S. The maximum atomic E-state index is 13.2. The summed E-state index contributed by atoms with van der Waals surface area (Å²) in [6.07, 6.45) is 0. The number of rotatable bonds is 8. The molecule has 0 aliphatic heterocycles. The lowest BCUT2D eigenvalue weighted by Crippen LogP contribution is -2.38. The van der Waals surface area contributed by atoms with Crippen molar-refractivity contribution in [3.63, 3.8) is 0 Å². The van der Waals surface area contributed by atoms with Crippen molar-refractivity contribution in [2.45, 2.75) is 11.8 Å². The highest BCUT2D eigenvalue weighted by atomic mass is 32.2. The molecule has 11 nitrogen and oxygen atoms in total. The van der Waals surface area contributed by atoms with Gasteiger partial charge in [0.2, 0.25) is 11.8 Å². The second-order valence-electron chi connectivity index (χ2n) is 5.80. The van der Waals surface area contributed by atoms with Crippen LogP contribution < -0.4 is 20.1 Å². The average molecular weight is 422 g/mol. The van der Waals surface area contributed by atoms with Gasteiger partial charge in [-0.3, -0.25) is 24.0 Å². The fourth-order valence-corrected chi connectivity index (χ4v) is 3.90. The minimum absolute atomic E-state index is 0.00436. The number of non-ortho nitro benzene ring substituents is 1. The summed E-state index contributed by atoms with van der Waals surface area (Å²) in [6.45, 7) is 0.529. The molecule has 0 bridgehead atoms. The van der Waals surface area contributed by atoms with Gasteiger partial charge < -0.3 is 15.8 Å². The molecule has 0 aliphatic rings. The number of carbonyl (C=O) groups is 2. The number of nitrogens with one attached hydrogen (secondary N) is 1. The lowest BCUT2D eigenvalue weighted by molar-refractivity contribution is -0.384. The largest absolute Gasteiger partial charge is 0.495 e. The molecule has 0 spiro atoms. The predicted molar refractivity (Wildman–Crippen MR) is 104 cm³/mol. The average Bonchev–Trinajstić information content (AvgIpc) is 2.65. The topological polar surface area (TPSA) is 162 Å². The van der Waals surface area contributed by atoms with E-state index in [4.69, 9.17) is 10.5 Å². The highest BCUT2D eigenvalue weighted by molar-refractivity contribution is 7.92. The first-order chi connectivity index (χ1) is 13.6. The van der Waals surface area contributed by atoms with Crippen LogP contribution >= 0.6 is 0 Å². The predicted octanol–water partition coefficient (Wildman–Crippen LogP) is 1.24. The first-order valence-corrected chi connectivity index (χ1v) is 9.51. The number of nitrogens with zero attached hydrogens (tertiary/aromatic N) is 2. The molecule has 2 aromatic rings. The van der Waals surface area contributed by atoms with Crippen molar-refractivity contribution in [2.24, 2.45) is 5.73 Å². The highest BCUT2D eigenvalue weighted by Gasteiger charge is 2.30. The molecule has 0 unspecified atom stereocenters. The molecule has 0 saturated heterocycles. The number of ether oxygens (including phenoxy) is 1. The minimum Gasteiger partial charge on any atom is -0.495 e. The van der Waals surface area contributed by atoms with E-state index in [1.807, 2.05) is 0 Å². The lowest BCUT2D eigenvalue weighted by Gasteiger charge is -2.24. The lowest BCUT2D eigenvalue weighted by atomic mass is 10.2. The number of nitro benzene ring substituents is 1. The molecule has 29 heavy (non-hydrogen) atoms. The van der Waals surface area contributed by atoms with Crippen LogP contribution in [0, 0.1) is 10.1 Å². The van der Waals surface area contributed by atoms with Crippen LogP contribution in [0.4, 0.5) is 17.1 Å². The summed E-state index contributed by atoms with van der Waals surface area (Å²) in [6, 6.07) is 8.50. The Hall–Kier alpha value is -3.67. The van der Waals surface area contributed by atoms with Gasteiger partial charge in [-0.1, -0.05) is 0 Å². The van der Waals surface area contributed by atoms with Crippen molar-refractivity contribution >= 4 is 38.9 Å². The summed E-state index contributed by atoms with van der Waals surface area (Å²) in [5.41, 5.74) is 4.96. The molecule has 2 rings (SSSR count). The number of primary amides is 1. The molecule has 0 radical (unpaired) electrons. The van der Waals surface area contributed by atoms with Crippen LogP contribution in [0.2, 0.25) is 0 Å². The zero-order valence-corrected chi connectivity index (χ0v) is 16.3. The number of sulfonamides is 1. The van der Waals surface area contributed by atoms with Gasteiger partial charge in [-0.25, -0.2) is 8.42 Å². The first-order valence-electron chi connectivity index (χ1n) is 8.07. The van der Waals surface area contributed by atoms with Gasteiger partial charge >= 0.3 is 0 Å². The van der Waals surface area contributed by atoms with Crippen LogP contribution in [-0.4, -0.2) is 38.8 Å². The SMILES string of the molecule is COc1ccc([N+](=O)[O-])cc1N(CC(N)=O)S(=O)(=O)c1ccc(NC(C)=O)cc1. The van der Waals surface area contributed by atoms with E-state index in [1.165, 1.54) is 44.4 Å². The van der Waals surface area contributed by atoms with Gasteiger partial charge in [0.1, 0.15) is 18.0 Å². The quantitative estimate of drug-likeness (QED) is 0.477. The third-order valence-corrected chi connectivity index (χ3v) is 5.48. The van der Waals surface area contributed by atoms with E-state index in [-0.39, 0.29) is 22.2 Å². The Kier molecular flexibility index (Phi) is 6.38. The summed E-state index contributed by atoms with van der Waals surface area (Å²) in [5.74, 6) is -1.32. The van der Waals surface area contributed by atoms with Gasteiger partial charge in [-0.15, -0.1) is 0 Å². The van der Waals surface area contributed by atoms with Crippen molar-refractivity contribution in [3.05, 3.63) is 52.6 Å². The van der Waals surface area contributed by atoms with Crippen LogP contribution in [0.5, 0.6) is 5.75 Å². The highest BCUT2D eigenvalue weighted by Crippen LogP contribution is 2.35. The van der Waals surface area contributed by atoms with Crippen molar-refractivity contribution in [2.75, 3.05) is 23.3 Å². The normalized spacial score (nSPS) is 10.8. The fraction of sp³-hybridized carbons (Fsp3) is 0.176. The van der Waals surface area contributed by atoms with Gasteiger partial charge in [0, 0.05) is 24.7 Å². The molecule has 12 heteroatoms. The zero-order chi connectivity index (χ0) is 21.8. The number of nitro groups is 1. The summed E-state index contributed by atoms with van der Waals surface area (Å²) in [4.78, 5) is 32.8. The monoisotopic (exact) mass is 422 g/mol. The Morgan fingerprint density at radius 2 is 1.83 bits per heavy atom. The van der Waals surface area contributed by atoms with Crippen LogP contribution in [0.15, 0.2) is 47.4 Å². The van der Waals surface area contributed by atoms with E-state index in [1.54, 1.807) is 0 Å². The number of methoxy groups -OCH3 is 1. The van der Waals surface area contributed by atoms with Crippen LogP contribution in [0.1, 0.15) is 6.92 Å². The molecule has 3 N–H and O–H groups in total. The van der Waals surface area contributed by atoms with E-state index >= 15 is 0 Å². The number of amides is 2. The van der Waals surface area contributed by atoms with Crippen molar-refractivity contribution in [1.29, 1.82) is 0 Å². The fourth-order valence-electron chi connectivity index (χ4n) is 2.47. The van der Waals surface area contributed by atoms with E-state index in [9.17, 15) is 28.1 Å². The Morgan fingerprint density at radius 3 is 2.31 bits per heavy atom. The summed E-state index contributed by atoms with van der Waals surface area (Å²) in [5, 5.41) is 13.6. The summed E-state index contributed by atoms with van der Waals surface area (Å²) < 4.78 is 32.1. The molecule has 0 heterocycles. The first kappa shape index (κ1) is 21.6. The molecular weight excluding hydrogens is 404 g/mol. The second-order valence-corrected chi connectivity index (χ2v) is 7.66. The molecule has 2 amide bonds. The Labute approximate surface area is 166 Å². The van der Waals surface area contributed by atoms with Gasteiger partial charge in [-0.2, -0.15) is 0 Å². The Balaban J connectivity index is 2.60. The molecule has 0 fully saturated rings. The molecule has 0 saturated carbocycles. The number of hydrogen-bond donors (Lipinski definition) is 2. The molecule has 0 aliphatic carbocycles. The smallest absolute Gasteiger partial charge is 0.271 e. The van der Waals surface area contributed by atoms with E-state index in [0.717, 1.165) is 12.1 Å². The van der Waals surface area contributed by atoms with Crippen molar-refractivity contribution < 1.29 is 27.7 Å². The molecule has 0 atom stereocenters. The van der Waals surface area contributed by atoms with Gasteiger partial charge in [0.15, 0.2) is 0 Å². The van der Waals surface area contributed by atoms with Crippen LogP contribution in [0.25, 0.3) is 0 Å². The number of benzene rings is 2. The maximum absolute atomic E-state index is 13.2. The number of anilines is 2. The molecule has 2 aromatic carbocycles. The molecule has 154 valence electrons. The van der Waals surface area contributed by atoms with Crippen molar-refractivity contribution in [1.82, 2.24) is 0 Å².